The first-order chi connectivity index (χ1) is 15.5. The monoisotopic (exact) mass is 454 g/mol. The number of anilines is 1. The first-order valence-electron chi connectivity index (χ1n) is 10.4. The lowest BCUT2D eigenvalue weighted by atomic mass is 10.1. The molecule has 4 rings (SSSR count). The van der Waals surface area contributed by atoms with Gasteiger partial charge in [0.1, 0.15) is 23.4 Å². The average molecular weight is 455 g/mol. The molecule has 168 valence electrons. The zero-order valence-corrected chi connectivity index (χ0v) is 19.4. The number of benzene rings is 2. The van der Waals surface area contributed by atoms with Gasteiger partial charge in [0.25, 0.3) is 0 Å². The van der Waals surface area contributed by atoms with Crippen LogP contribution in [-0.2, 0) is 18.3 Å². The fraction of sp³-hybridized carbons (Fsp3) is 0.348. The van der Waals surface area contributed by atoms with Gasteiger partial charge in [-0.2, -0.15) is 0 Å². The summed E-state index contributed by atoms with van der Waals surface area (Å²) in [5.41, 5.74) is 2.55. The lowest BCUT2D eigenvalue weighted by Gasteiger charge is -2.13. The number of hydrogen-bond acceptors (Lipinski definition) is 7. The van der Waals surface area contributed by atoms with Crippen molar-refractivity contribution in [3.05, 3.63) is 42.0 Å². The summed E-state index contributed by atoms with van der Waals surface area (Å²) in [4.78, 5) is 12.7. The second-order valence-electron chi connectivity index (χ2n) is 7.42. The molecule has 0 radical (unpaired) electrons. The summed E-state index contributed by atoms with van der Waals surface area (Å²) < 4.78 is 18.8. The summed E-state index contributed by atoms with van der Waals surface area (Å²) in [5, 5.41) is 12.1. The van der Waals surface area contributed by atoms with E-state index >= 15 is 0 Å². The van der Waals surface area contributed by atoms with Gasteiger partial charge in [0.2, 0.25) is 5.91 Å². The smallest absolute Gasteiger partial charge is 0.234 e. The van der Waals surface area contributed by atoms with Crippen LogP contribution in [0.15, 0.2) is 41.6 Å². The third-order valence-corrected chi connectivity index (χ3v) is 6.11. The molecular formula is C23H26N4O4S. The lowest BCUT2D eigenvalue weighted by Crippen LogP contribution is -2.15. The molecule has 32 heavy (non-hydrogen) atoms. The molecule has 2 aromatic carbocycles. The third-order valence-electron chi connectivity index (χ3n) is 5.09. The molecule has 8 nitrogen and oxygen atoms in total. The van der Waals surface area contributed by atoms with Crippen molar-refractivity contribution in [2.24, 2.45) is 7.05 Å². The number of rotatable bonds is 8. The Morgan fingerprint density at radius 3 is 2.88 bits per heavy atom. The SMILES string of the molecule is CCOc1cc2c(cc1NC(=O)CSc1nnc(-c3ccccc3OC)n1C)O[C@H](C)C2. The van der Waals surface area contributed by atoms with E-state index in [0.717, 1.165) is 23.3 Å². The van der Waals surface area contributed by atoms with Crippen LogP contribution >= 0.6 is 11.8 Å². The van der Waals surface area contributed by atoms with Gasteiger partial charge in [0.05, 0.1) is 30.7 Å². The summed E-state index contributed by atoms with van der Waals surface area (Å²) in [7, 11) is 3.49. The van der Waals surface area contributed by atoms with Crippen LogP contribution in [0.5, 0.6) is 17.2 Å². The Balaban J connectivity index is 1.45. The standard InChI is InChI=1S/C23H26N4O4S/c1-5-30-20-11-15-10-14(2)31-19(15)12-17(20)24-21(28)13-32-23-26-25-22(27(23)3)16-8-6-7-9-18(16)29-4/h6-9,11-12,14H,5,10,13H2,1-4H3,(H,24,28)/t14-/m1/s1. The zero-order valence-electron chi connectivity index (χ0n) is 18.5. The number of para-hydroxylation sites is 1. The second-order valence-corrected chi connectivity index (χ2v) is 8.37. The minimum atomic E-state index is -0.163. The van der Waals surface area contributed by atoms with Gasteiger partial charge in [-0.15, -0.1) is 10.2 Å². The number of methoxy groups -OCH3 is 1. The van der Waals surface area contributed by atoms with Crippen molar-refractivity contribution >= 4 is 23.4 Å². The topological polar surface area (TPSA) is 87.5 Å². The Labute approximate surface area is 191 Å². The van der Waals surface area contributed by atoms with E-state index in [1.807, 2.05) is 61.9 Å². The molecule has 0 unspecified atom stereocenters. The Bertz CT molecular complexity index is 1130. The molecule has 0 spiro atoms. The number of ether oxygens (including phenoxy) is 3. The molecule has 1 amide bonds. The quantitative estimate of drug-likeness (QED) is 0.516. The second kappa shape index (κ2) is 9.52. The number of aromatic nitrogens is 3. The van der Waals surface area contributed by atoms with E-state index in [2.05, 4.69) is 15.5 Å². The highest BCUT2D eigenvalue weighted by Crippen LogP contribution is 2.38. The third kappa shape index (κ3) is 4.52. The minimum absolute atomic E-state index is 0.120. The number of amides is 1. The summed E-state index contributed by atoms with van der Waals surface area (Å²) in [6, 6.07) is 11.4. The molecule has 2 heterocycles. The first kappa shape index (κ1) is 22.0. The summed E-state index contributed by atoms with van der Waals surface area (Å²) in [6.07, 6.45) is 0.953. The van der Waals surface area contributed by atoms with E-state index in [9.17, 15) is 4.79 Å². The summed E-state index contributed by atoms with van der Waals surface area (Å²) in [6.45, 7) is 4.45. The van der Waals surface area contributed by atoms with E-state index in [1.165, 1.54) is 11.8 Å². The van der Waals surface area contributed by atoms with Gasteiger partial charge in [-0.3, -0.25) is 4.79 Å². The normalized spacial score (nSPS) is 14.6. The van der Waals surface area contributed by atoms with Gasteiger partial charge in [-0.05, 0) is 32.0 Å². The van der Waals surface area contributed by atoms with Crippen LogP contribution in [0.25, 0.3) is 11.4 Å². The summed E-state index contributed by atoms with van der Waals surface area (Å²) in [5.74, 6) is 2.85. The van der Waals surface area contributed by atoms with Crippen molar-refractivity contribution < 1.29 is 19.0 Å². The van der Waals surface area contributed by atoms with Crippen LogP contribution in [0.1, 0.15) is 19.4 Å². The lowest BCUT2D eigenvalue weighted by molar-refractivity contribution is -0.113. The van der Waals surface area contributed by atoms with Crippen molar-refractivity contribution in [2.45, 2.75) is 31.5 Å². The molecule has 0 saturated carbocycles. The number of carbonyl (C=O) groups is 1. The van der Waals surface area contributed by atoms with Crippen molar-refractivity contribution in [3.8, 4) is 28.6 Å². The van der Waals surface area contributed by atoms with E-state index in [1.54, 1.807) is 7.11 Å². The molecule has 3 aromatic rings. The van der Waals surface area contributed by atoms with E-state index < -0.39 is 0 Å². The fourth-order valence-electron chi connectivity index (χ4n) is 3.63. The maximum Gasteiger partial charge on any atom is 0.234 e. The van der Waals surface area contributed by atoms with Crippen molar-refractivity contribution in [1.29, 1.82) is 0 Å². The summed E-state index contributed by atoms with van der Waals surface area (Å²) >= 11 is 1.31. The highest BCUT2D eigenvalue weighted by molar-refractivity contribution is 7.99. The Morgan fingerprint density at radius 1 is 1.28 bits per heavy atom. The molecule has 0 bridgehead atoms. The molecular weight excluding hydrogens is 428 g/mol. The average Bonchev–Trinajstić information content (AvgIpc) is 3.33. The largest absolute Gasteiger partial charge is 0.496 e. The van der Waals surface area contributed by atoms with E-state index in [-0.39, 0.29) is 17.8 Å². The van der Waals surface area contributed by atoms with Crippen molar-refractivity contribution in [3.63, 3.8) is 0 Å². The maximum absolute atomic E-state index is 12.7. The fourth-order valence-corrected chi connectivity index (χ4v) is 4.34. The molecule has 0 saturated heterocycles. The number of hydrogen-bond donors (Lipinski definition) is 1. The molecule has 1 aliphatic rings. The van der Waals surface area contributed by atoms with Gasteiger partial charge < -0.3 is 24.1 Å². The first-order valence-corrected chi connectivity index (χ1v) is 11.4. The van der Waals surface area contributed by atoms with Crippen molar-refractivity contribution in [1.82, 2.24) is 14.8 Å². The predicted molar refractivity (Wildman–Crippen MR) is 124 cm³/mol. The highest BCUT2D eigenvalue weighted by Gasteiger charge is 2.23. The minimum Gasteiger partial charge on any atom is -0.496 e. The molecule has 1 aromatic heterocycles. The molecule has 1 atom stereocenters. The van der Waals surface area contributed by atoms with Crippen LogP contribution in [0, 0.1) is 0 Å². The molecule has 1 N–H and O–H groups in total. The number of fused-ring (bicyclic) bond motifs is 1. The van der Waals surface area contributed by atoms with Crippen LogP contribution in [0.4, 0.5) is 5.69 Å². The molecule has 0 fully saturated rings. The molecule has 0 aliphatic carbocycles. The highest BCUT2D eigenvalue weighted by atomic mass is 32.2. The van der Waals surface area contributed by atoms with Gasteiger partial charge in [0.15, 0.2) is 11.0 Å². The van der Waals surface area contributed by atoms with Gasteiger partial charge in [0, 0.05) is 25.1 Å². The van der Waals surface area contributed by atoms with Crippen molar-refractivity contribution in [2.75, 3.05) is 24.8 Å². The number of nitrogens with zero attached hydrogens (tertiary/aromatic N) is 3. The maximum atomic E-state index is 12.7. The Hall–Kier alpha value is -3.20. The zero-order chi connectivity index (χ0) is 22.7. The van der Waals surface area contributed by atoms with Crippen LogP contribution in [-0.4, -0.2) is 46.2 Å². The number of nitrogens with one attached hydrogen (secondary N) is 1. The Morgan fingerprint density at radius 2 is 2.09 bits per heavy atom. The predicted octanol–water partition coefficient (Wildman–Crippen LogP) is 3.94. The molecule has 1 aliphatic heterocycles. The Kier molecular flexibility index (Phi) is 6.55. The number of thioether (sulfide) groups is 1. The number of carbonyl (C=O) groups excluding carboxylic acids is 1. The van der Waals surface area contributed by atoms with E-state index in [0.29, 0.717) is 34.8 Å². The van der Waals surface area contributed by atoms with Gasteiger partial charge in [-0.1, -0.05) is 23.9 Å². The van der Waals surface area contributed by atoms with Gasteiger partial charge in [-0.25, -0.2) is 0 Å². The van der Waals surface area contributed by atoms with Crippen LogP contribution < -0.4 is 19.5 Å². The molecule has 9 heteroatoms. The van der Waals surface area contributed by atoms with Crippen LogP contribution in [0.3, 0.4) is 0 Å². The van der Waals surface area contributed by atoms with Gasteiger partial charge >= 0.3 is 0 Å². The van der Waals surface area contributed by atoms with E-state index in [4.69, 9.17) is 14.2 Å². The van der Waals surface area contributed by atoms with Crippen LogP contribution in [0.2, 0.25) is 0 Å².